The molecule has 0 radical (unpaired) electrons. The van der Waals surface area contributed by atoms with Crippen LogP contribution in [0.5, 0.6) is 0 Å². The number of aromatic amines is 1. The molecular formula is C6H7ClN2S. The van der Waals surface area contributed by atoms with Crippen molar-refractivity contribution in [2.24, 2.45) is 0 Å². The molecule has 0 aliphatic carbocycles. The first kappa shape index (κ1) is 7.57. The van der Waals surface area contributed by atoms with Gasteiger partial charge in [0.1, 0.15) is 5.82 Å². The van der Waals surface area contributed by atoms with Gasteiger partial charge in [0.2, 0.25) is 0 Å². The number of nitrogens with one attached hydrogen (secondary N) is 2. The zero-order valence-electron chi connectivity index (χ0n) is 5.44. The fourth-order valence-corrected chi connectivity index (χ4v) is 1.02. The van der Waals surface area contributed by atoms with Gasteiger partial charge in [0.05, 0.1) is 9.53 Å². The van der Waals surface area contributed by atoms with E-state index in [0.29, 0.717) is 9.53 Å². The minimum Gasteiger partial charge on any atom is -0.373 e. The monoisotopic (exact) mass is 174 g/mol. The molecule has 0 unspecified atom stereocenters. The van der Waals surface area contributed by atoms with Crippen molar-refractivity contribution >= 4 is 29.6 Å². The molecule has 10 heavy (non-hydrogen) atoms. The molecule has 0 aromatic carbocycles. The molecule has 2 nitrogen and oxygen atoms in total. The van der Waals surface area contributed by atoms with E-state index in [0.717, 1.165) is 5.82 Å². The van der Waals surface area contributed by atoms with Crippen molar-refractivity contribution in [1.82, 2.24) is 4.98 Å². The van der Waals surface area contributed by atoms with Gasteiger partial charge in [-0.2, -0.15) is 0 Å². The van der Waals surface area contributed by atoms with E-state index < -0.39 is 0 Å². The summed E-state index contributed by atoms with van der Waals surface area (Å²) in [6.07, 6.45) is 1.75. The maximum Gasteiger partial charge on any atom is 0.123 e. The number of halogens is 1. The lowest BCUT2D eigenvalue weighted by Gasteiger charge is -2.00. The predicted octanol–water partition coefficient (Wildman–Crippen LogP) is 2.44. The Labute approximate surface area is 69.2 Å². The van der Waals surface area contributed by atoms with Crippen LogP contribution >= 0.6 is 23.8 Å². The molecule has 1 rings (SSSR count). The molecular weight excluding hydrogens is 168 g/mol. The normalized spacial score (nSPS) is 9.40. The zero-order valence-corrected chi connectivity index (χ0v) is 7.01. The lowest BCUT2D eigenvalue weighted by atomic mass is 10.4. The van der Waals surface area contributed by atoms with Crippen LogP contribution in [-0.4, -0.2) is 12.0 Å². The highest BCUT2D eigenvalue weighted by molar-refractivity contribution is 7.71. The van der Waals surface area contributed by atoms with E-state index in [2.05, 4.69) is 10.3 Å². The van der Waals surface area contributed by atoms with Gasteiger partial charge in [0, 0.05) is 13.2 Å². The number of hydrogen-bond acceptors (Lipinski definition) is 2. The molecule has 0 atom stereocenters. The molecule has 0 saturated heterocycles. The van der Waals surface area contributed by atoms with Gasteiger partial charge in [-0.05, 0) is 6.07 Å². The fraction of sp³-hybridized carbons (Fsp3) is 0.167. The second-order valence-electron chi connectivity index (χ2n) is 1.78. The highest BCUT2D eigenvalue weighted by Gasteiger charge is 1.96. The molecule has 54 valence electrons. The van der Waals surface area contributed by atoms with Crippen LogP contribution < -0.4 is 5.32 Å². The van der Waals surface area contributed by atoms with Gasteiger partial charge in [-0.25, -0.2) is 0 Å². The molecule has 1 aromatic rings. The Hall–Kier alpha value is -0.540. The largest absolute Gasteiger partial charge is 0.373 e. The molecule has 0 fully saturated rings. The molecule has 0 bridgehead atoms. The topological polar surface area (TPSA) is 27.8 Å². The van der Waals surface area contributed by atoms with Crippen LogP contribution in [0.4, 0.5) is 5.82 Å². The summed E-state index contributed by atoms with van der Waals surface area (Å²) >= 11 is 10.7. The minimum absolute atomic E-state index is 0.569. The van der Waals surface area contributed by atoms with Gasteiger partial charge >= 0.3 is 0 Å². The van der Waals surface area contributed by atoms with Crippen LogP contribution in [0.25, 0.3) is 0 Å². The average molecular weight is 175 g/mol. The van der Waals surface area contributed by atoms with Crippen molar-refractivity contribution in [3.8, 4) is 0 Å². The fourth-order valence-electron chi connectivity index (χ4n) is 0.642. The zero-order chi connectivity index (χ0) is 7.56. The second-order valence-corrected chi connectivity index (χ2v) is 2.60. The third-order valence-electron chi connectivity index (χ3n) is 1.15. The van der Waals surface area contributed by atoms with Crippen molar-refractivity contribution in [1.29, 1.82) is 0 Å². The second kappa shape index (κ2) is 3.03. The Balaban J connectivity index is 3.28. The van der Waals surface area contributed by atoms with Gasteiger partial charge in [-0.3, -0.25) is 0 Å². The van der Waals surface area contributed by atoms with E-state index in [9.17, 15) is 0 Å². The molecule has 4 heteroatoms. The van der Waals surface area contributed by atoms with Crippen LogP contribution in [0.15, 0.2) is 12.3 Å². The van der Waals surface area contributed by atoms with E-state index in [1.165, 1.54) is 0 Å². The lowest BCUT2D eigenvalue weighted by Crippen LogP contribution is -1.91. The molecule has 2 N–H and O–H groups in total. The summed E-state index contributed by atoms with van der Waals surface area (Å²) < 4.78 is 0.657. The summed E-state index contributed by atoms with van der Waals surface area (Å²) in [7, 11) is 1.78. The quantitative estimate of drug-likeness (QED) is 0.641. The molecule has 1 heterocycles. The Morgan fingerprint density at radius 3 is 2.90 bits per heavy atom. The maximum absolute atomic E-state index is 5.80. The summed E-state index contributed by atoms with van der Waals surface area (Å²) in [5.41, 5.74) is 0. The number of anilines is 1. The summed E-state index contributed by atoms with van der Waals surface area (Å²) in [5, 5.41) is 3.45. The molecule has 0 aliphatic heterocycles. The standard InChI is InChI=1S/C6H7ClN2S/c1-8-6-5(7)4(10)2-3-9-6/h2-3H,1H3,(H2,8,9,10). The molecule has 0 amide bonds. The molecule has 0 aliphatic rings. The summed E-state index contributed by atoms with van der Waals surface area (Å²) in [6.45, 7) is 0. The summed E-state index contributed by atoms with van der Waals surface area (Å²) in [6, 6.07) is 1.75. The SMILES string of the molecule is CNc1[nH]ccc(=S)c1Cl. The number of hydrogen-bond donors (Lipinski definition) is 2. The van der Waals surface area contributed by atoms with Crippen molar-refractivity contribution in [2.75, 3.05) is 12.4 Å². The Kier molecular flexibility index (Phi) is 2.29. The first-order chi connectivity index (χ1) is 4.75. The van der Waals surface area contributed by atoms with Crippen LogP contribution in [-0.2, 0) is 0 Å². The van der Waals surface area contributed by atoms with Crippen LogP contribution in [0.2, 0.25) is 5.02 Å². The van der Waals surface area contributed by atoms with E-state index >= 15 is 0 Å². The Morgan fingerprint density at radius 2 is 2.40 bits per heavy atom. The van der Waals surface area contributed by atoms with Crippen LogP contribution in [0.1, 0.15) is 0 Å². The van der Waals surface area contributed by atoms with Gasteiger partial charge < -0.3 is 10.3 Å². The van der Waals surface area contributed by atoms with Gasteiger partial charge in [0.15, 0.2) is 0 Å². The number of rotatable bonds is 1. The van der Waals surface area contributed by atoms with E-state index in [1.54, 1.807) is 19.3 Å². The van der Waals surface area contributed by atoms with Crippen molar-refractivity contribution in [3.05, 3.63) is 21.8 Å². The van der Waals surface area contributed by atoms with Gasteiger partial charge in [-0.1, -0.05) is 23.8 Å². The van der Waals surface area contributed by atoms with E-state index in [-0.39, 0.29) is 0 Å². The smallest absolute Gasteiger partial charge is 0.123 e. The molecule has 0 spiro atoms. The third kappa shape index (κ3) is 1.30. The molecule has 1 aromatic heterocycles. The minimum atomic E-state index is 0.569. The molecule has 0 saturated carbocycles. The highest BCUT2D eigenvalue weighted by atomic mass is 35.5. The summed E-state index contributed by atoms with van der Waals surface area (Å²) in [5.74, 6) is 0.758. The predicted molar refractivity (Wildman–Crippen MR) is 46.2 cm³/mol. The lowest BCUT2D eigenvalue weighted by molar-refractivity contribution is 1.28. The number of pyridine rings is 1. The van der Waals surface area contributed by atoms with Gasteiger partial charge in [0.25, 0.3) is 0 Å². The van der Waals surface area contributed by atoms with Crippen molar-refractivity contribution in [2.45, 2.75) is 0 Å². The Morgan fingerprint density at radius 1 is 1.70 bits per heavy atom. The number of H-pyrrole nitrogens is 1. The summed E-state index contributed by atoms with van der Waals surface area (Å²) in [4.78, 5) is 2.92. The third-order valence-corrected chi connectivity index (χ3v) is 1.99. The van der Waals surface area contributed by atoms with Crippen molar-refractivity contribution < 1.29 is 0 Å². The maximum atomic E-state index is 5.80. The average Bonchev–Trinajstić information content (AvgIpc) is 1.95. The van der Waals surface area contributed by atoms with Gasteiger partial charge in [-0.15, -0.1) is 0 Å². The van der Waals surface area contributed by atoms with Crippen molar-refractivity contribution in [3.63, 3.8) is 0 Å². The van der Waals surface area contributed by atoms with E-state index in [4.69, 9.17) is 23.8 Å². The Bertz CT molecular complexity index is 281. The van der Waals surface area contributed by atoms with Crippen LogP contribution in [0, 0.1) is 4.51 Å². The first-order valence-corrected chi connectivity index (χ1v) is 3.59. The van der Waals surface area contributed by atoms with E-state index in [1.807, 2.05) is 0 Å². The van der Waals surface area contributed by atoms with Crippen LogP contribution in [0.3, 0.4) is 0 Å². The first-order valence-electron chi connectivity index (χ1n) is 2.80. The number of aromatic nitrogens is 1. The highest BCUT2D eigenvalue weighted by Crippen LogP contribution is 2.18.